The summed E-state index contributed by atoms with van der Waals surface area (Å²) in [5.74, 6) is -0.169. The molecule has 3 N–H and O–H groups in total. The van der Waals surface area contributed by atoms with Crippen molar-refractivity contribution in [1.29, 1.82) is 0 Å². The van der Waals surface area contributed by atoms with Crippen LogP contribution >= 0.6 is 0 Å². The number of rotatable bonds is 7. The smallest absolute Gasteiger partial charge is 0.224 e. The summed E-state index contributed by atoms with van der Waals surface area (Å²) < 4.78 is 13.5. The van der Waals surface area contributed by atoms with Crippen molar-refractivity contribution in [3.63, 3.8) is 0 Å². The van der Waals surface area contributed by atoms with Gasteiger partial charge in [-0.3, -0.25) is 0 Å². The maximum atomic E-state index is 13.5. The largest absolute Gasteiger partial charge is 0.395 e. The lowest BCUT2D eigenvalue weighted by atomic mass is 10.4. The normalized spacial score (nSPS) is 10.4. The molecule has 0 amide bonds. The Morgan fingerprint density at radius 3 is 2.53 bits per heavy atom. The molecule has 1 aromatic heterocycles. The quantitative estimate of drug-likeness (QED) is 0.618. The van der Waals surface area contributed by atoms with E-state index in [2.05, 4.69) is 15.3 Å². The van der Waals surface area contributed by atoms with Gasteiger partial charge in [-0.25, -0.2) is 9.37 Å². The molecule has 1 rings (SSSR count). The number of anilines is 2. The first-order valence-electron chi connectivity index (χ1n) is 5.46. The minimum atomic E-state index is -0.575. The Balaban J connectivity index is 2.94. The van der Waals surface area contributed by atoms with Crippen molar-refractivity contribution in [3.05, 3.63) is 12.0 Å². The van der Waals surface area contributed by atoms with Gasteiger partial charge in [0.2, 0.25) is 5.95 Å². The fourth-order valence-electron chi connectivity index (χ4n) is 1.39. The lowest BCUT2D eigenvalue weighted by Crippen LogP contribution is -2.31. The van der Waals surface area contributed by atoms with Crippen molar-refractivity contribution < 1.29 is 14.6 Å². The first-order valence-corrected chi connectivity index (χ1v) is 5.46. The van der Waals surface area contributed by atoms with Gasteiger partial charge in [-0.1, -0.05) is 0 Å². The standard InChI is InChI=1S/C10H17FN4O2/c1-2-12-10-13-7-8(11)9(14-10)15(3-5-16)4-6-17/h7,16-17H,2-6H2,1H3,(H,12,13,14). The van der Waals surface area contributed by atoms with Crippen LogP contribution in [0.1, 0.15) is 6.92 Å². The average molecular weight is 244 g/mol. The van der Waals surface area contributed by atoms with Gasteiger partial charge in [0, 0.05) is 19.6 Å². The molecule has 7 heteroatoms. The highest BCUT2D eigenvalue weighted by atomic mass is 19.1. The van der Waals surface area contributed by atoms with E-state index < -0.39 is 5.82 Å². The summed E-state index contributed by atoms with van der Waals surface area (Å²) in [4.78, 5) is 9.26. The molecule has 1 heterocycles. The SMILES string of the molecule is CCNc1ncc(F)c(N(CCO)CCO)n1. The van der Waals surface area contributed by atoms with Gasteiger partial charge >= 0.3 is 0 Å². The molecule has 0 aromatic carbocycles. The number of aromatic nitrogens is 2. The molecule has 96 valence electrons. The van der Waals surface area contributed by atoms with Crippen LogP contribution in [0.5, 0.6) is 0 Å². The molecule has 0 spiro atoms. The predicted octanol–water partition coefficient (Wildman–Crippen LogP) is -0.162. The van der Waals surface area contributed by atoms with E-state index in [9.17, 15) is 4.39 Å². The van der Waals surface area contributed by atoms with Crippen molar-refractivity contribution in [2.75, 3.05) is 43.1 Å². The van der Waals surface area contributed by atoms with E-state index >= 15 is 0 Å². The van der Waals surface area contributed by atoms with E-state index in [4.69, 9.17) is 10.2 Å². The number of aliphatic hydroxyl groups is 2. The first kappa shape index (κ1) is 13.6. The van der Waals surface area contributed by atoms with Crippen molar-refractivity contribution in [2.45, 2.75) is 6.92 Å². The summed E-state index contributed by atoms with van der Waals surface area (Å²) in [5, 5.41) is 20.6. The second-order valence-corrected chi connectivity index (χ2v) is 3.33. The fourth-order valence-corrected chi connectivity index (χ4v) is 1.39. The van der Waals surface area contributed by atoms with Gasteiger partial charge < -0.3 is 20.4 Å². The fraction of sp³-hybridized carbons (Fsp3) is 0.600. The van der Waals surface area contributed by atoms with Crippen molar-refractivity contribution >= 4 is 11.8 Å². The number of hydrogen-bond donors (Lipinski definition) is 3. The molecule has 0 fully saturated rings. The Morgan fingerprint density at radius 2 is 2.00 bits per heavy atom. The Bertz CT molecular complexity index is 345. The highest BCUT2D eigenvalue weighted by Crippen LogP contribution is 2.16. The second-order valence-electron chi connectivity index (χ2n) is 3.33. The van der Waals surface area contributed by atoms with Gasteiger partial charge in [0.1, 0.15) is 0 Å². The molecule has 0 atom stereocenters. The Morgan fingerprint density at radius 1 is 1.35 bits per heavy atom. The third-order valence-corrected chi connectivity index (χ3v) is 2.10. The number of hydrogen-bond acceptors (Lipinski definition) is 6. The zero-order valence-corrected chi connectivity index (χ0v) is 9.73. The van der Waals surface area contributed by atoms with Crippen LogP contribution in [0.3, 0.4) is 0 Å². The van der Waals surface area contributed by atoms with E-state index in [1.807, 2.05) is 6.92 Å². The Labute approximate surface area is 99.1 Å². The molecule has 6 nitrogen and oxygen atoms in total. The van der Waals surface area contributed by atoms with Gasteiger partial charge in [-0.05, 0) is 6.92 Å². The van der Waals surface area contributed by atoms with Crippen molar-refractivity contribution in [2.24, 2.45) is 0 Å². The van der Waals surface area contributed by atoms with Crippen LogP contribution in [0.4, 0.5) is 16.2 Å². The molecule has 0 bridgehead atoms. The average Bonchev–Trinajstić information content (AvgIpc) is 2.32. The Hall–Kier alpha value is -1.47. The lowest BCUT2D eigenvalue weighted by Gasteiger charge is -2.22. The second kappa shape index (κ2) is 6.97. The topological polar surface area (TPSA) is 81.5 Å². The highest BCUT2D eigenvalue weighted by Gasteiger charge is 2.14. The number of nitrogens with zero attached hydrogens (tertiary/aromatic N) is 3. The molecule has 0 aliphatic rings. The minimum Gasteiger partial charge on any atom is -0.395 e. The molecule has 0 unspecified atom stereocenters. The highest BCUT2D eigenvalue weighted by molar-refractivity contribution is 5.43. The minimum absolute atomic E-state index is 0.0825. The molecule has 0 aliphatic heterocycles. The molecular weight excluding hydrogens is 227 g/mol. The summed E-state index contributed by atoms with van der Waals surface area (Å²) in [6.45, 7) is 2.65. The van der Waals surface area contributed by atoms with Crippen LogP contribution in [0, 0.1) is 5.82 Å². The van der Waals surface area contributed by atoms with Crippen molar-refractivity contribution in [3.8, 4) is 0 Å². The summed E-state index contributed by atoms with van der Waals surface area (Å²) in [6.07, 6.45) is 1.07. The molecule has 0 saturated heterocycles. The van der Waals surface area contributed by atoms with E-state index in [0.717, 1.165) is 6.20 Å². The van der Waals surface area contributed by atoms with Crippen LogP contribution < -0.4 is 10.2 Å². The summed E-state index contributed by atoms with van der Waals surface area (Å²) >= 11 is 0. The zero-order chi connectivity index (χ0) is 12.7. The van der Waals surface area contributed by atoms with E-state index in [-0.39, 0.29) is 32.1 Å². The third kappa shape index (κ3) is 3.79. The number of halogens is 1. The van der Waals surface area contributed by atoms with Crippen LogP contribution in [0.2, 0.25) is 0 Å². The maximum absolute atomic E-state index is 13.5. The maximum Gasteiger partial charge on any atom is 0.224 e. The monoisotopic (exact) mass is 244 g/mol. The number of nitrogens with one attached hydrogen (secondary N) is 1. The Kier molecular flexibility index (Phi) is 5.58. The van der Waals surface area contributed by atoms with Gasteiger partial charge in [-0.2, -0.15) is 4.98 Å². The molecule has 0 aliphatic carbocycles. The van der Waals surface area contributed by atoms with Crippen LogP contribution in [0.15, 0.2) is 6.20 Å². The molecule has 0 radical (unpaired) electrons. The third-order valence-electron chi connectivity index (χ3n) is 2.10. The molecular formula is C10H17FN4O2. The van der Waals surface area contributed by atoms with Crippen molar-refractivity contribution in [1.82, 2.24) is 9.97 Å². The summed E-state index contributed by atoms with van der Waals surface area (Å²) in [7, 11) is 0. The molecule has 17 heavy (non-hydrogen) atoms. The van der Waals surface area contributed by atoms with Crippen LogP contribution in [0.25, 0.3) is 0 Å². The summed E-state index contributed by atoms with van der Waals surface area (Å²) in [6, 6.07) is 0. The summed E-state index contributed by atoms with van der Waals surface area (Å²) in [5.41, 5.74) is 0. The first-order chi connectivity index (χ1) is 8.22. The zero-order valence-electron chi connectivity index (χ0n) is 9.73. The van der Waals surface area contributed by atoms with E-state index in [1.165, 1.54) is 4.90 Å². The van der Waals surface area contributed by atoms with Gasteiger partial charge in [0.05, 0.1) is 19.4 Å². The van der Waals surface area contributed by atoms with Crippen LogP contribution in [-0.2, 0) is 0 Å². The molecule has 0 saturated carbocycles. The van der Waals surface area contributed by atoms with Gasteiger partial charge in [-0.15, -0.1) is 0 Å². The number of aliphatic hydroxyl groups excluding tert-OH is 2. The van der Waals surface area contributed by atoms with E-state index in [0.29, 0.717) is 12.5 Å². The van der Waals surface area contributed by atoms with E-state index in [1.54, 1.807) is 0 Å². The van der Waals surface area contributed by atoms with Gasteiger partial charge in [0.15, 0.2) is 11.6 Å². The van der Waals surface area contributed by atoms with Crippen LogP contribution in [-0.4, -0.2) is 53.0 Å². The van der Waals surface area contributed by atoms with Gasteiger partial charge in [0.25, 0.3) is 0 Å². The lowest BCUT2D eigenvalue weighted by molar-refractivity contribution is 0.280. The molecule has 1 aromatic rings. The predicted molar refractivity (Wildman–Crippen MR) is 62.5 cm³/mol.